The molecule has 2 bridgehead atoms. The highest BCUT2D eigenvalue weighted by molar-refractivity contribution is 6.30. The van der Waals surface area contributed by atoms with E-state index in [1.807, 2.05) is 24.3 Å². The number of nitrogens with one attached hydrogen (secondary N) is 2. The van der Waals surface area contributed by atoms with E-state index in [1.54, 1.807) is 12.4 Å². The fraction of sp³-hybridized carbons (Fsp3) is 0.375. The number of aromatic nitrogens is 2. The highest BCUT2D eigenvalue weighted by Crippen LogP contribution is 2.31. The van der Waals surface area contributed by atoms with Gasteiger partial charge in [-0.15, -0.1) is 0 Å². The highest BCUT2D eigenvalue weighted by atomic mass is 35.5. The van der Waals surface area contributed by atoms with Crippen molar-refractivity contribution in [1.82, 2.24) is 20.4 Å². The first-order valence-corrected chi connectivity index (χ1v) is 7.92. The van der Waals surface area contributed by atoms with Crippen molar-refractivity contribution in [3.63, 3.8) is 0 Å². The Hall–Kier alpha value is -1.85. The Kier molecular flexibility index (Phi) is 3.39. The maximum Gasteiger partial charge on any atom is 0.342 e. The van der Waals surface area contributed by atoms with Crippen LogP contribution in [0.3, 0.4) is 0 Å². The molecular formula is C16H17ClN4O. The zero-order valence-electron chi connectivity index (χ0n) is 12.0. The van der Waals surface area contributed by atoms with Crippen LogP contribution in [0.1, 0.15) is 12.8 Å². The molecule has 3 unspecified atom stereocenters. The molecule has 1 aromatic heterocycles. The molecule has 1 aliphatic carbocycles. The van der Waals surface area contributed by atoms with Gasteiger partial charge in [-0.3, -0.25) is 0 Å². The largest absolute Gasteiger partial charge is 0.342 e. The standard InChI is InChI=1S/C16H17ClN4O/c17-13-3-1-10(2-4-13)12-8-19-21(9-12)16(22)20-15-6-14-5-11(15)7-18-14/h1-4,8-9,11,14-15,18H,5-7H2,(H,20,22). The van der Waals surface area contributed by atoms with Gasteiger partial charge in [0.25, 0.3) is 0 Å². The van der Waals surface area contributed by atoms with Gasteiger partial charge in [0.2, 0.25) is 0 Å². The number of benzene rings is 1. The second kappa shape index (κ2) is 5.41. The van der Waals surface area contributed by atoms with E-state index in [0.717, 1.165) is 24.1 Å². The quantitative estimate of drug-likeness (QED) is 0.895. The van der Waals surface area contributed by atoms with E-state index in [9.17, 15) is 4.79 Å². The molecular weight excluding hydrogens is 300 g/mol. The molecule has 114 valence electrons. The van der Waals surface area contributed by atoms with Crippen molar-refractivity contribution in [2.45, 2.75) is 24.9 Å². The lowest BCUT2D eigenvalue weighted by Gasteiger charge is -2.23. The lowest BCUT2D eigenvalue weighted by Crippen LogP contribution is -2.45. The Morgan fingerprint density at radius 3 is 2.77 bits per heavy atom. The Labute approximate surface area is 133 Å². The molecule has 2 aromatic rings. The number of rotatable bonds is 2. The Morgan fingerprint density at radius 2 is 2.09 bits per heavy atom. The van der Waals surface area contributed by atoms with E-state index in [4.69, 9.17) is 11.6 Å². The van der Waals surface area contributed by atoms with Gasteiger partial charge in [0.15, 0.2) is 0 Å². The summed E-state index contributed by atoms with van der Waals surface area (Å²) in [5, 5.41) is 11.4. The number of hydrogen-bond donors (Lipinski definition) is 2. The summed E-state index contributed by atoms with van der Waals surface area (Å²) in [5.41, 5.74) is 1.90. The van der Waals surface area contributed by atoms with Crippen LogP contribution in [-0.4, -0.2) is 34.4 Å². The molecule has 0 radical (unpaired) electrons. The van der Waals surface area contributed by atoms with Gasteiger partial charge in [0, 0.05) is 35.4 Å². The van der Waals surface area contributed by atoms with E-state index in [-0.39, 0.29) is 12.1 Å². The van der Waals surface area contributed by atoms with Gasteiger partial charge in [-0.2, -0.15) is 9.78 Å². The highest BCUT2D eigenvalue weighted by Gasteiger charge is 2.40. The van der Waals surface area contributed by atoms with E-state index in [2.05, 4.69) is 15.7 Å². The van der Waals surface area contributed by atoms with Gasteiger partial charge in [-0.05, 0) is 36.5 Å². The van der Waals surface area contributed by atoms with Gasteiger partial charge >= 0.3 is 6.03 Å². The number of halogens is 1. The summed E-state index contributed by atoms with van der Waals surface area (Å²) < 4.78 is 1.38. The molecule has 1 saturated carbocycles. The van der Waals surface area contributed by atoms with Gasteiger partial charge in [0.05, 0.1) is 6.20 Å². The number of amides is 1. The zero-order valence-corrected chi connectivity index (χ0v) is 12.8. The van der Waals surface area contributed by atoms with Gasteiger partial charge in [0.1, 0.15) is 0 Å². The number of hydrogen-bond acceptors (Lipinski definition) is 3. The van der Waals surface area contributed by atoms with Crippen LogP contribution in [0.5, 0.6) is 0 Å². The summed E-state index contributed by atoms with van der Waals surface area (Å²) in [6, 6.07) is 8.18. The van der Waals surface area contributed by atoms with Gasteiger partial charge < -0.3 is 10.6 Å². The van der Waals surface area contributed by atoms with Crippen LogP contribution in [0.2, 0.25) is 5.02 Å². The molecule has 1 saturated heterocycles. The normalized spacial score (nSPS) is 26.3. The van der Waals surface area contributed by atoms with Gasteiger partial charge in [-0.1, -0.05) is 23.7 Å². The Balaban J connectivity index is 1.46. The summed E-state index contributed by atoms with van der Waals surface area (Å²) in [6.07, 6.45) is 5.64. The SMILES string of the molecule is O=C(NC1CC2CC1CN2)n1cc(-c2ccc(Cl)cc2)cn1. The molecule has 5 nitrogen and oxygen atoms in total. The van der Waals surface area contributed by atoms with Crippen molar-refractivity contribution in [1.29, 1.82) is 0 Å². The molecule has 4 rings (SSSR count). The van der Waals surface area contributed by atoms with Crippen LogP contribution in [-0.2, 0) is 0 Å². The third-order valence-electron chi connectivity index (χ3n) is 4.64. The van der Waals surface area contributed by atoms with Crippen molar-refractivity contribution >= 4 is 17.6 Å². The molecule has 2 N–H and O–H groups in total. The third kappa shape index (κ3) is 2.51. The van der Waals surface area contributed by atoms with E-state index >= 15 is 0 Å². The van der Waals surface area contributed by atoms with Crippen LogP contribution in [0.25, 0.3) is 11.1 Å². The monoisotopic (exact) mass is 316 g/mol. The lowest BCUT2D eigenvalue weighted by atomic mass is 10.0. The Bertz CT molecular complexity index is 696. The van der Waals surface area contributed by atoms with Crippen LogP contribution in [0.4, 0.5) is 4.79 Å². The average molecular weight is 317 g/mol. The Morgan fingerprint density at radius 1 is 1.27 bits per heavy atom. The molecule has 0 spiro atoms. The molecule has 1 aliphatic heterocycles. The molecule has 2 fully saturated rings. The number of piperidine rings is 1. The zero-order chi connectivity index (χ0) is 15.1. The van der Waals surface area contributed by atoms with Crippen LogP contribution in [0.15, 0.2) is 36.7 Å². The number of carbonyl (C=O) groups is 1. The van der Waals surface area contributed by atoms with Crippen molar-refractivity contribution in [2.24, 2.45) is 5.92 Å². The van der Waals surface area contributed by atoms with Crippen molar-refractivity contribution in [3.8, 4) is 11.1 Å². The smallest absolute Gasteiger partial charge is 0.333 e. The number of nitrogens with zero attached hydrogens (tertiary/aromatic N) is 2. The van der Waals surface area contributed by atoms with Crippen molar-refractivity contribution < 1.29 is 4.79 Å². The maximum absolute atomic E-state index is 12.3. The molecule has 1 amide bonds. The fourth-order valence-electron chi connectivity index (χ4n) is 3.46. The van der Waals surface area contributed by atoms with E-state index in [0.29, 0.717) is 17.0 Å². The van der Waals surface area contributed by atoms with E-state index < -0.39 is 0 Å². The minimum Gasteiger partial charge on any atom is -0.333 e. The first-order chi connectivity index (χ1) is 10.7. The topological polar surface area (TPSA) is 59.0 Å². The summed E-state index contributed by atoms with van der Waals surface area (Å²) in [4.78, 5) is 12.3. The van der Waals surface area contributed by atoms with Gasteiger partial charge in [-0.25, -0.2) is 4.79 Å². The third-order valence-corrected chi connectivity index (χ3v) is 4.89. The molecule has 6 heteroatoms. The summed E-state index contributed by atoms with van der Waals surface area (Å²) in [6.45, 7) is 1.00. The van der Waals surface area contributed by atoms with Crippen LogP contribution in [0, 0.1) is 5.92 Å². The lowest BCUT2D eigenvalue weighted by molar-refractivity contribution is 0.230. The van der Waals surface area contributed by atoms with Crippen molar-refractivity contribution in [3.05, 3.63) is 41.7 Å². The number of carbonyl (C=O) groups excluding carboxylic acids is 1. The maximum atomic E-state index is 12.3. The molecule has 22 heavy (non-hydrogen) atoms. The van der Waals surface area contributed by atoms with Crippen molar-refractivity contribution in [2.75, 3.05) is 6.54 Å². The molecule has 2 heterocycles. The second-order valence-corrected chi connectivity index (χ2v) is 6.51. The summed E-state index contributed by atoms with van der Waals surface area (Å²) in [7, 11) is 0. The summed E-state index contributed by atoms with van der Waals surface area (Å²) >= 11 is 5.89. The molecule has 3 atom stereocenters. The van der Waals surface area contributed by atoms with E-state index in [1.165, 1.54) is 11.1 Å². The minimum atomic E-state index is -0.155. The first-order valence-electron chi connectivity index (χ1n) is 7.54. The molecule has 1 aromatic carbocycles. The fourth-order valence-corrected chi connectivity index (χ4v) is 3.59. The minimum absolute atomic E-state index is 0.155. The predicted molar refractivity (Wildman–Crippen MR) is 84.9 cm³/mol. The first kappa shape index (κ1) is 13.8. The summed E-state index contributed by atoms with van der Waals surface area (Å²) in [5.74, 6) is 0.556. The molecule has 2 aliphatic rings. The van der Waals surface area contributed by atoms with Crippen LogP contribution < -0.4 is 10.6 Å². The van der Waals surface area contributed by atoms with Crippen LogP contribution >= 0.6 is 11.6 Å². The average Bonchev–Trinajstić information content (AvgIpc) is 3.24. The second-order valence-electron chi connectivity index (χ2n) is 6.07. The predicted octanol–water partition coefficient (Wildman–Crippen LogP) is 2.51. The number of fused-ring (bicyclic) bond motifs is 2.